The first-order chi connectivity index (χ1) is 36.7. The minimum atomic E-state index is -0.595. The van der Waals surface area contributed by atoms with Crippen LogP contribution >= 0.6 is 11.3 Å². The van der Waals surface area contributed by atoms with Crippen molar-refractivity contribution in [2.24, 2.45) is 20.5 Å². The fourth-order valence-corrected chi connectivity index (χ4v) is 9.78. The summed E-state index contributed by atoms with van der Waals surface area (Å²) in [5, 5.41) is 85.3. The minimum Gasteiger partial charge on any atom is -0.396 e. The second kappa shape index (κ2) is 22.5. The number of azo groups is 2. The molecule has 0 amide bonds. The molecule has 77 heavy (non-hydrogen) atoms. The van der Waals surface area contributed by atoms with Gasteiger partial charge in [-0.05, 0) is 121 Å². The smallest absolute Gasteiger partial charge is 0.236 e. The van der Waals surface area contributed by atoms with Crippen molar-refractivity contribution >= 4 is 80.6 Å². The molecule has 8 aromatic rings. The fraction of sp³-hybridized carbons (Fsp3) is 0.327. The molecular weight excluding hydrogens is 989 g/mol. The lowest BCUT2D eigenvalue weighted by Gasteiger charge is -2.18. The quantitative estimate of drug-likeness (QED) is 0.0365. The summed E-state index contributed by atoms with van der Waals surface area (Å²) in [4.78, 5) is 14.4. The SMILES string of the molecule is CNc1nc(NCCCO)c(N=Nc2nn(-c3nnc(-n4nc(C(C)(C)C)c(C#N)c4N=Nc4c(C)cc(Nc5c(C)cc(C)cc5C)nc4Nc4c(C)cc(C)cc4C)s3)cc2C#N)c(Nc2c(C)cc(C)cc2C)n1. The van der Waals surface area contributed by atoms with Crippen LogP contribution in [0.3, 0.4) is 0 Å². The van der Waals surface area contributed by atoms with Crippen LogP contribution in [0.15, 0.2) is 69.1 Å². The Labute approximate surface area is 451 Å². The highest BCUT2D eigenvalue weighted by atomic mass is 32.1. The number of nitrogens with one attached hydrogen (secondary N) is 5. The van der Waals surface area contributed by atoms with Gasteiger partial charge in [0.1, 0.15) is 34.8 Å². The number of pyridine rings is 1. The number of hydrogen-bond donors (Lipinski definition) is 6. The number of aliphatic hydroxyl groups excluding tert-OH is 1. The summed E-state index contributed by atoms with van der Waals surface area (Å²) in [6.07, 6.45) is 1.92. The van der Waals surface area contributed by atoms with Gasteiger partial charge in [0, 0.05) is 42.7 Å². The standard InChI is InChI=1S/C55H62N20OS/c1-28-18-31(4)41(32(5)19-28)60-40-24-37(10)44(49(61-40)62-42-33(6)20-29(2)21-34(42)7)66-69-51-39(26-57)46(55(11,12)13)72-75(51)54-71-70-53(77-54)74-27-38(25-56)47(73-74)68-67-45-48(59-16-15-17-76)64-52(58-14)65-50(45)63-43-35(8)22-30(3)23-36(43)9/h18-24,27,76H,15-17H2,1-14H3,(H2,60,61,62)(H3,58,59,63,64,65). The Bertz CT molecular complexity index is 3640. The number of aliphatic hydroxyl groups is 1. The van der Waals surface area contributed by atoms with Crippen molar-refractivity contribution in [2.45, 2.75) is 102 Å². The predicted molar refractivity (Wildman–Crippen MR) is 303 cm³/mol. The van der Waals surface area contributed by atoms with Crippen LogP contribution in [0.2, 0.25) is 0 Å². The van der Waals surface area contributed by atoms with E-state index in [-0.39, 0.29) is 45.3 Å². The first-order valence-electron chi connectivity index (χ1n) is 24.9. The van der Waals surface area contributed by atoms with E-state index in [2.05, 4.69) is 133 Å². The van der Waals surface area contributed by atoms with Gasteiger partial charge in [-0.2, -0.15) is 30.3 Å². The molecule has 394 valence electrons. The lowest BCUT2D eigenvalue weighted by atomic mass is 9.90. The second-order valence-electron chi connectivity index (χ2n) is 20.1. The zero-order chi connectivity index (χ0) is 55.5. The molecule has 0 radical (unpaired) electrons. The van der Waals surface area contributed by atoms with Crippen LogP contribution in [-0.4, -0.2) is 70.0 Å². The van der Waals surface area contributed by atoms with Gasteiger partial charge in [-0.25, -0.2) is 9.67 Å². The third-order valence-electron chi connectivity index (χ3n) is 12.5. The molecule has 5 aromatic heterocycles. The van der Waals surface area contributed by atoms with Crippen LogP contribution in [0.5, 0.6) is 0 Å². The molecule has 0 saturated heterocycles. The third-order valence-corrected chi connectivity index (χ3v) is 13.3. The zero-order valence-corrected chi connectivity index (χ0v) is 46.6. The van der Waals surface area contributed by atoms with Crippen LogP contribution in [0.1, 0.15) is 99.6 Å². The maximum absolute atomic E-state index is 10.8. The molecule has 8 rings (SSSR count). The average Bonchev–Trinajstić information content (AvgIpc) is 4.14. The van der Waals surface area contributed by atoms with Gasteiger partial charge in [0.05, 0.1) is 11.9 Å². The average molecular weight is 1050 g/mol. The van der Waals surface area contributed by atoms with E-state index in [1.807, 2.05) is 68.4 Å². The number of nitriles is 2. The summed E-state index contributed by atoms with van der Waals surface area (Å²) in [6.45, 7) is 26.6. The van der Waals surface area contributed by atoms with E-state index >= 15 is 0 Å². The van der Waals surface area contributed by atoms with Crippen molar-refractivity contribution in [3.05, 3.63) is 121 Å². The van der Waals surface area contributed by atoms with Crippen molar-refractivity contribution in [3.63, 3.8) is 0 Å². The Balaban J connectivity index is 1.19. The number of hydrogen-bond acceptors (Lipinski definition) is 20. The van der Waals surface area contributed by atoms with E-state index < -0.39 is 5.41 Å². The lowest BCUT2D eigenvalue weighted by Crippen LogP contribution is -2.14. The molecular formula is C55H62N20OS. The molecule has 22 heteroatoms. The van der Waals surface area contributed by atoms with E-state index in [1.54, 1.807) is 7.05 Å². The van der Waals surface area contributed by atoms with Crippen molar-refractivity contribution in [1.82, 2.24) is 44.7 Å². The minimum absolute atomic E-state index is 0.0120. The van der Waals surface area contributed by atoms with E-state index in [4.69, 9.17) is 25.3 Å². The van der Waals surface area contributed by atoms with Gasteiger partial charge in [-0.3, -0.25) is 0 Å². The molecule has 21 nitrogen and oxygen atoms in total. The molecule has 0 aliphatic carbocycles. The predicted octanol–water partition coefficient (Wildman–Crippen LogP) is 13.1. The summed E-state index contributed by atoms with van der Waals surface area (Å²) in [7, 11) is 1.71. The molecule has 0 saturated carbocycles. The number of anilines is 8. The molecule has 0 aliphatic heterocycles. The van der Waals surface area contributed by atoms with Gasteiger partial charge in [-0.1, -0.05) is 85.2 Å². The highest BCUT2D eigenvalue weighted by Crippen LogP contribution is 2.41. The van der Waals surface area contributed by atoms with Crippen LogP contribution in [0, 0.1) is 91.9 Å². The maximum atomic E-state index is 10.8. The molecule has 3 aromatic carbocycles. The van der Waals surface area contributed by atoms with Crippen molar-refractivity contribution < 1.29 is 5.11 Å². The van der Waals surface area contributed by atoms with Gasteiger partial charge in [0.2, 0.25) is 22.0 Å². The Morgan fingerprint density at radius 2 is 1.16 bits per heavy atom. The molecule has 0 aliphatic rings. The normalized spacial score (nSPS) is 11.6. The van der Waals surface area contributed by atoms with Crippen LogP contribution < -0.4 is 26.6 Å². The summed E-state index contributed by atoms with van der Waals surface area (Å²) in [6, 6.07) is 19.1. The first kappa shape index (κ1) is 54.3. The van der Waals surface area contributed by atoms with Crippen LogP contribution in [-0.2, 0) is 5.41 Å². The molecule has 0 spiro atoms. The van der Waals surface area contributed by atoms with Crippen molar-refractivity contribution in [2.75, 3.05) is 46.8 Å². The Morgan fingerprint density at radius 1 is 0.623 bits per heavy atom. The second-order valence-corrected chi connectivity index (χ2v) is 21.0. The molecule has 0 bridgehead atoms. The van der Waals surface area contributed by atoms with Crippen molar-refractivity contribution in [3.8, 4) is 22.4 Å². The monoisotopic (exact) mass is 1050 g/mol. The summed E-state index contributed by atoms with van der Waals surface area (Å²) in [5.74, 6) is 2.17. The first-order valence-corrected chi connectivity index (χ1v) is 25.7. The lowest BCUT2D eigenvalue weighted by molar-refractivity contribution is 0.292. The van der Waals surface area contributed by atoms with E-state index in [9.17, 15) is 15.6 Å². The van der Waals surface area contributed by atoms with Crippen LogP contribution in [0.25, 0.3) is 10.3 Å². The Hall–Kier alpha value is -8.99. The fourth-order valence-electron chi connectivity index (χ4n) is 9.06. The Morgan fingerprint density at radius 3 is 1.69 bits per heavy atom. The molecule has 5 heterocycles. The molecule has 0 fully saturated rings. The Kier molecular flexibility index (Phi) is 15.8. The topological polar surface area (TPSA) is 277 Å². The van der Waals surface area contributed by atoms with E-state index in [1.165, 1.54) is 21.1 Å². The van der Waals surface area contributed by atoms with Crippen LogP contribution in [0.4, 0.5) is 69.3 Å². The highest BCUT2D eigenvalue weighted by molar-refractivity contribution is 7.16. The van der Waals surface area contributed by atoms with Gasteiger partial charge in [0.25, 0.3) is 0 Å². The van der Waals surface area contributed by atoms with E-state index in [0.717, 1.165) is 78.5 Å². The van der Waals surface area contributed by atoms with Gasteiger partial charge in [-0.15, -0.1) is 35.8 Å². The molecule has 6 N–H and O–H groups in total. The number of benzene rings is 3. The highest BCUT2D eigenvalue weighted by Gasteiger charge is 2.30. The maximum Gasteiger partial charge on any atom is 0.236 e. The molecule has 0 atom stereocenters. The largest absolute Gasteiger partial charge is 0.396 e. The van der Waals surface area contributed by atoms with Crippen molar-refractivity contribution in [1.29, 1.82) is 10.5 Å². The van der Waals surface area contributed by atoms with Gasteiger partial charge in [0.15, 0.2) is 29.0 Å². The number of aromatic nitrogens is 9. The number of rotatable bonds is 17. The van der Waals surface area contributed by atoms with Gasteiger partial charge >= 0.3 is 0 Å². The third kappa shape index (κ3) is 11.8. The van der Waals surface area contributed by atoms with Gasteiger partial charge < -0.3 is 31.7 Å². The summed E-state index contributed by atoms with van der Waals surface area (Å²) >= 11 is 1.09. The zero-order valence-electron chi connectivity index (χ0n) is 45.8. The summed E-state index contributed by atoms with van der Waals surface area (Å²) < 4.78 is 2.83. The van der Waals surface area contributed by atoms with E-state index in [0.29, 0.717) is 53.6 Å². The number of aryl methyl sites for hydroxylation is 10. The number of nitrogens with zero attached hydrogens (tertiary/aromatic N) is 15. The summed E-state index contributed by atoms with van der Waals surface area (Å²) in [5.41, 5.74) is 14.0. The molecule has 0 unspecified atom stereocenters.